The summed E-state index contributed by atoms with van der Waals surface area (Å²) in [5.74, 6) is 1.58. The first-order chi connectivity index (χ1) is 14.1. The highest BCUT2D eigenvalue weighted by molar-refractivity contribution is 6.30. The Kier molecular flexibility index (Phi) is 5.76. The van der Waals surface area contributed by atoms with Crippen LogP contribution >= 0.6 is 11.6 Å². The summed E-state index contributed by atoms with van der Waals surface area (Å²) in [6, 6.07) is 15.7. The molecule has 29 heavy (non-hydrogen) atoms. The number of ketones is 1. The minimum absolute atomic E-state index is 0.0843. The molecule has 0 fully saturated rings. The molecule has 6 heteroatoms. The molecule has 0 bridgehead atoms. The number of methoxy groups -OCH3 is 1. The Labute approximate surface area is 175 Å². The lowest BCUT2D eigenvalue weighted by molar-refractivity contribution is 0.0962. The lowest BCUT2D eigenvalue weighted by Crippen LogP contribution is -2.21. The van der Waals surface area contributed by atoms with Gasteiger partial charge < -0.3 is 10.1 Å². The van der Waals surface area contributed by atoms with Crippen molar-refractivity contribution >= 4 is 23.3 Å². The van der Waals surface area contributed by atoms with E-state index in [1.54, 1.807) is 13.3 Å². The van der Waals surface area contributed by atoms with Gasteiger partial charge in [-0.15, -0.1) is 0 Å². The first-order valence-electron chi connectivity index (χ1n) is 9.64. The number of nitrogens with zero attached hydrogens (tertiary/aromatic N) is 2. The number of anilines is 1. The molecule has 0 saturated heterocycles. The number of halogens is 1. The van der Waals surface area contributed by atoms with E-state index in [0.717, 1.165) is 23.4 Å². The van der Waals surface area contributed by atoms with Crippen LogP contribution < -0.4 is 10.1 Å². The molecule has 4 rings (SSSR count). The highest BCUT2D eigenvalue weighted by Gasteiger charge is 2.28. The normalized spacial score (nSPS) is 15.7. The summed E-state index contributed by atoms with van der Waals surface area (Å²) in [6.07, 6.45) is 3.65. The van der Waals surface area contributed by atoms with Crippen LogP contribution in [-0.4, -0.2) is 29.4 Å². The highest BCUT2D eigenvalue weighted by Crippen LogP contribution is 2.32. The fraction of sp³-hybridized carbons (Fsp3) is 0.261. The highest BCUT2D eigenvalue weighted by atomic mass is 35.5. The molecule has 0 radical (unpaired) electrons. The Morgan fingerprint density at radius 2 is 2.00 bits per heavy atom. The van der Waals surface area contributed by atoms with Gasteiger partial charge in [0, 0.05) is 24.2 Å². The number of carbonyl (C=O) groups excluding carboxylic acids is 1. The van der Waals surface area contributed by atoms with Gasteiger partial charge in [-0.1, -0.05) is 35.9 Å². The Morgan fingerprint density at radius 3 is 2.76 bits per heavy atom. The number of benzene rings is 2. The Hall–Kier alpha value is -2.92. The van der Waals surface area contributed by atoms with E-state index in [1.165, 1.54) is 5.56 Å². The fourth-order valence-corrected chi connectivity index (χ4v) is 3.84. The molecule has 1 atom stereocenters. The van der Waals surface area contributed by atoms with E-state index in [0.29, 0.717) is 35.9 Å². The number of hydrogen-bond acceptors (Lipinski definition) is 5. The number of ether oxygens (including phenoxy) is 1. The SMILES string of the molecule is COc1ccc(CCNc2ncc3c(n2)C[C@@H](c2cccc(Cl)c2)CC3=O)cc1. The van der Waals surface area contributed by atoms with Crippen molar-refractivity contribution in [3.05, 3.63) is 82.1 Å². The second-order valence-corrected chi connectivity index (χ2v) is 7.60. The minimum atomic E-state index is 0.0843. The molecule has 3 aromatic rings. The zero-order valence-electron chi connectivity index (χ0n) is 16.2. The third-order valence-corrected chi connectivity index (χ3v) is 5.45. The van der Waals surface area contributed by atoms with Gasteiger partial charge in [0.05, 0.1) is 18.4 Å². The second kappa shape index (κ2) is 8.62. The first-order valence-corrected chi connectivity index (χ1v) is 10.0. The van der Waals surface area contributed by atoms with E-state index < -0.39 is 0 Å². The van der Waals surface area contributed by atoms with E-state index in [4.69, 9.17) is 16.3 Å². The third kappa shape index (κ3) is 4.57. The molecule has 0 amide bonds. The molecule has 148 valence electrons. The van der Waals surface area contributed by atoms with Gasteiger partial charge in [0.1, 0.15) is 5.75 Å². The number of hydrogen-bond donors (Lipinski definition) is 1. The molecule has 0 unspecified atom stereocenters. The molecular formula is C23H22ClN3O2. The molecule has 0 aliphatic heterocycles. The Balaban J connectivity index is 1.43. The van der Waals surface area contributed by atoms with Gasteiger partial charge in [-0.3, -0.25) is 4.79 Å². The van der Waals surface area contributed by atoms with Crippen molar-refractivity contribution in [3.8, 4) is 5.75 Å². The van der Waals surface area contributed by atoms with Gasteiger partial charge in [-0.2, -0.15) is 0 Å². The predicted octanol–water partition coefficient (Wildman–Crippen LogP) is 4.71. The molecule has 1 aromatic heterocycles. The molecule has 2 aromatic carbocycles. The first kappa shape index (κ1) is 19.4. The van der Waals surface area contributed by atoms with Gasteiger partial charge in [0.25, 0.3) is 0 Å². The molecule has 5 nitrogen and oxygen atoms in total. The van der Waals surface area contributed by atoms with E-state index >= 15 is 0 Å². The van der Waals surface area contributed by atoms with Gasteiger partial charge in [-0.25, -0.2) is 9.97 Å². The van der Waals surface area contributed by atoms with Crippen molar-refractivity contribution < 1.29 is 9.53 Å². The number of nitrogens with one attached hydrogen (secondary N) is 1. The molecular weight excluding hydrogens is 386 g/mol. The maximum Gasteiger partial charge on any atom is 0.222 e. The summed E-state index contributed by atoms with van der Waals surface area (Å²) in [6.45, 7) is 0.705. The zero-order chi connectivity index (χ0) is 20.2. The smallest absolute Gasteiger partial charge is 0.222 e. The predicted molar refractivity (Wildman–Crippen MR) is 114 cm³/mol. The molecule has 1 aliphatic rings. The molecule has 1 aliphatic carbocycles. The van der Waals surface area contributed by atoms with E-state index in [1.807, 2.05) is 48.5 Å². The zero-order valence-corrected chi connectivity index (χ0v) is 16.9. The van der Waals surface area contributed by atoms with Crippen LogP contribution in [0.1, 0.15) is 39.5 Å². The van der Waals surface area contributed by atoms with Gasteiger partial charge in [0.15, 0.2) is 5.78 Å². The Bertz CT molecular complexity index is 1020. The van der Waals surface area contributed by atoms with E-state index in [9.17, 15) is 4.79 Å². The summed E-state index contributed by atoms with van der Waals surface area (Å²) >= 11 is 6.12. The van der Waals surface area contributed by atoms with Crippen molar-refractivity contribution in [2.75, 3.05) is 19.0 Å². The lowest BCUT2D eigenvalue weighted by atomic mass is 9.82. The lowest BCUT2D eigenvalue weighted by Gasteiger charge is -2.23. The van der Waals surface area contributed by atoms with Crippen LogP contribution in [0.5, 0.6) is 5.75 Å². The van der Waals surface area contributed by atoms with Gasteiger partial charge >= 0.3 is 0 Å². The maximum atomic E-state index is 12.6. The number of Topliss-reactive ketones (excluding diaryl/α,β-unsaturated/α-hetero) is 1. The third-order valence-electron chi connectivity index (χ3n) is 5.22. The van der Waals surface area contributed by atoms with Crippen molar-refractivity contribution in [2.45, 2.75) is 25.2 Å². The largest absolute Gasteiger partial charge is 0.497 e. The Morgan fingerprint density at radius 1 is 1.17 bits per heavy atom. The number of rotatable bonds is 6. The van der Waals surface area contributed by atoms with Crippen LogP contribution in [0.15, 0.2) is 54.7 Å². The molecule has 1 heterocycles. The fourth-order valence-electron chi connectivity index (χ4n) is 3.64. The van der Waals surface area contributed by atoms with Crippen LogP contribution in [0.25, 0.3) is 0 Å². The quantitative estimate of drug-likeness (QED) is 0.641. The van der Waals surface area contributed by atoms with Crippen molar-refractivity contribution in [1.82, 2.24) is 9.97 Å². The number of fused-ring (bicyclic) bond motifs is 1. The summed E-state index contributed by atoms with van der Waals surface area (Å²) in [5.41, 5.74) is 3.70. The van der Waals surface area contributed by atoms with Crippen molar-refractivity contribution in [3.63, 3.8) is 0 Å². The van der Waals surface area contributed by atoms with Crippen molar-refractivity contribution in [1.29, 1.82) is 0 Å². The van der Waals surface area contributed by atoms with Crippen molar-refractivity contribution in [2.24, 2.45) is 0 Å². The van der Waals surface area contributed by atoms with Crippen LogP contribution in [0.3, 0.4) is 0 Å². The summed E-state index contributed by atoms with van der Waals surface area (Å²) in [5, 5.41) is 3.95. The topological polar surface area (TPSA) is 64.1 Å². The average Bonchev–Trinajstić information content (AvgIpc) is 2.74. The molecule has 1 N–H and O–H groups in total. The van der Waals surface area contributed by atoms with E-state index in [-0.39, 0.29) is 11.7 Å². The van der Waals surface area contributed by atoms with E-state index in [2.05, 4.69) is 15.3 Å². The molecule has 0 spiro atoms. The summed E-state index contributed by atoms with van der Waals surface area (Å²) in [4.78, 5) is 21.5. The van der Waals surface area contributed by atoms with Gasteiger partial charge in [-0.05, 0) is 54.2 Å². The van der Waals surface area contributed by atoms with Crippen LogP contribution in [0.4, 0.5) is 5.95 Å². The summed E-state index contributed by atoms with van der Waals surface area (Å²) < 4.78 is 5.18. The average molecular weight is 408 g/mol. The summed E-state index contributed by atoms with van der Waals surface area (Å²) in [7, 11) is 1.66. The molecule has 0 saturated carbocycles. The van der Waals surface area contributed by atoms with Gasteiger partial charge in [0.2, 0.25) is 5.95 Å². The second-order valence-electron chi connectivity index (χ2n) is 7.16. The number of carbonyl (C=O) groups is 1. The van der Waals surface area contributed by atoms with Crippen LogP contribution in [0.2, 0.25) is 5.02 Å². The number of aromatic nitrogens is 2. The monoisotopic (exact) mass is 407 g/mol. The maximum absolute atomic E-state index is 12.6. The minimum Gasteiger partial charge on any atom is -0.497 e. The van der Waals surface area contributed by atoms with Crippen LogP contribution in [0, 0.1) is 0 Å². The van der Waals surface area contributed by atoms with Crippen LogP contribution in [-0.2, 0) is 12.8 Å². The standard InChI is InChI=1S/C23H22ClN3O2/c1-29-19-7-5-15(6-8-19)9-10-25-23-26-14-20-21(27-23)12-17(13-22(20)28)16-3-2-4-18(24)11-16/h2-8,11,14,17H,9-10,12-13H2,1H3,(H,25,26,27)/t17-/m1/s1.